The number of nitrogens with two attached hydrogens (primary N) is 1. The largest absolute Gasteiger partial charge is 0.326 e. The van der Waals surface area contributed by atoms with Gasteiger partial charge in [0.2, 0.25) is 0 Å². The molecule has 1 aromatic rings. The highest BCUT2D eigenvalue weighted by atomic mass is 35.5. The summed E-state index contributed by atoms with van der Waals surface area (Å²) in [6, 6.07) is 4.61. The fraction of sp³-hybridized carbons (Fsp3) is 0.600. The van der Waals surface area contributed by atoms with Crippen LogP contribution in [-0.4, -0.2) is 30.6 Å². The van der Waals surface area contributed by atoms with Crippen molar-refractivity contribution >= 4 is 11.6 Å². The van der Waals surface area contributed by atoms with Crippen LogP contribution < -0.4 is 5.73 Å². The van der Waals surface area contributed by atoms with E-state index in [9.17, 15) is 4.39 Å². The lowest BCUT2D eigenvalue weighted by Crippen LogP contribution is -2.56. The van der Waals surface area contributed by atoms with Crippen LogP contribution in [0.15, 0.2) is 18.2 Å². The molecular weight excluding hydrogens is 263 g/mol. The van der Waals surface area contributed by atoms with E-state index in [0.717, 1.165) is 12.8 Å². The first-order chi connectivity index (χ1) is 8.95. The molecule has 0 spiro atoms. The van der Waals surface area contributed by atoms with E-state index in [4.69, 9.17) is 17.3 Å². The molecule has 2 rings (SSSR count). The van der Waals surface area contributed by atoms with Gasteiger partial charge in [-0.1, -0.05) is 24.4 Å². The van der Waals surface area contributed by atoms with Crippen molar-refractivity contribution in [1.29, 1.82) is 0 Å². The second-order valence-electron chi connectivity index (χ2n) is 5.75. The normalized spacial score (nSPS) is 19.9. The van der Waals surface area contributed by atoms with Crippen molar-refractivity contribution < 1.29 is 4.39 Å². The van der Waals surface area contributed by atoms with Crippen LogP contribution in [0.25, 0.3) is 0 Å². The Bertz CT molecular complexity index is 442. The summed E-state index contributed by atoms with van der Waals surface area (Å²) >= 11 is 5.94. The first-order valence-electron chi connectivity index (χ1n) is 6.82. The van der Waals surface area contributed by atoms with Gasteiger partial charge in [-0.05, 0) is 57.1 Å². The first-order valence-corrected chi connectivity index (χ1v) is 7.20. The van der Waals surface area contributed by atoms with Gasteiger partial charge < -0.3 is 10.6 Å². The van der Waals surface area contributed by atoms with E-state index < -0.39 is 0 Å². The van der Waals surface area contributed by atoms with Crippen molar-refractivity contribution in [1.82, 2.24) is 4.90 Å². The molecule has 0 saturated heterocycles. The molecule has 19 heavy (non-hydrogen) atoms. The van der Waals surface area contributed by atoms with Crippen molar-refractivity contribution in [3.8, 4) is 0 Å². The van der Waals surface area contributed by atoms with Gasteiger partial charge in [-0.15, -0.1) is 0 Å². The Labute approximate surface area is 119 Å². The molecule has 1 saturated carbocycles. The van der Waals surface area contributed by atoms with Crippen LogP contribution in [0.1, 0.15) is 31.2 Å². The molecule has 106 valence electrons. The molecule has 1 aromatic carbocycles. The fourth-order valence-electron chi connectivity index (χ4n) is 3.26. The zero-order valence-electron chi connectivity index (χ0n) is 11.6. The SMILES string of the molecule is CN(C)C1(C(N)Cc2cc(Cl)ccc2F)CCCC1. The van der Waals surface area contributed by atoms with Gasteiger partial charge in [-0.25, -0.2) is 4.39 Å². The van der Waals surface area contributed by atoms with E-state index in [1.165, 1.54) is 18.9 Å². The topological polar surface area (TPSA) is 29.3 Å². The van der Waals surface area contributed by atoms with Crippen LogP contribution in [0.4, 0.5) is 4.39 Å². The van der Waals surface area contributed by atoms with Gasteiger partial charge in [0, 0.05) is 16.6 Å². The Morgan fingerprint density at radius 1 is 1.37 bits per heavy atom. The Balaban J connectivity index is 2.19. The number of likely N-dealkylation sites (N-methyl/N-ethyl adjacent to an activating group) is 1. The maximum Gasteiger partial charge on any atom is 0.126 e. The van der Waals surface area contributed by atoms with E-state index >= 15 is 0 Å². The average molecular weight is 285 g/mol. The third-order valence-electron chi connectivity index (χ3n) is 4.50. The summed E-state index contributed by atoms with van der Waals surface area (Å²) in [6.07, 6.45) is 5.10. The number of hydrogen-bond acceptors (Lipinski definition) is 2. The van der Waals surface area contributed by atoms with Gasteiger partial charge in [0.25, 0.3) is 0 Å². The smallest absolute Gasteiger partial charge is 0.126 e. The van der Waals surface area contributed by atoms with Crippen molar-refractivity contribution in [2.75, 3.05) is 14.1 Å². The van der Waals surface area contributed by atoms with Crippen LogP contribution in [0.2, 0.25) is 5.02 Å². The van der Waals surface area contributed by atoms with Gasteiger partial charge in [-0.2, -0.15) is 0 Å². The van der Waals surface area contributed by atoms with Gasteiger partial charge >= 0.3 is 0 Å². The van der Waals surface area contributed by atoms with E-state index in [1.54, 1.807) is 12.1 Å². The summed E-state index contributed by atoms with van der Waals surface area (Å²) in [5, 5.41) is 0.564. The highest BCUT2D eigenvalue weighted by Gasteiger charge is 2.41. The van der Waals surface area contributed by atoms with Gasteiger partial charge in [-0.3, -0.25) is 0 Å². The minimum absolute atomic E-state index is 0.00520. The molecule has 0 radical (unpaired) electrons. The van der Waals surface area contributed by atoms with E-state index in [2.05, 4.69) is 19.0 Å². The zero-order chi connectivity index (χ0) is 14.0. The summed E-state index contributed by atoms with van der Waals surface area (Å²) in [6.45, 7) is 0. The van der Waals surface area contributed by atoms with Crippen LogP contribution in [-0.2, 0) is 6.42 Å². The Morgan fingerprint density at radius 2 is 2.00 bits per heavy atom. The summed E-state index contributed by atoms with van der Waals surface area (Å²) in [5.74, 6) is -0.216. The predicted molar refractivity (Wildman–Crippen MR) is 78.0 cm³/mol. The minimum Gasteiger partial charge on any atom is -0.326 e. The minimum atomic E-state index is -0.216. The first kappa shape index (κ1) is 14.8. The molecule has 2 nitrogen and oxygen atoms in total. The van der Waals surface area contributed by atoms with Crippen LogP contribution >= 0.6 is 11.6 Å². The lowest BCUT2D eigenvalue weighted by Gasteiger charge is -2.41. The fourth-order valence-corrected chi connectivity index (χ4v) is 3.46. The monoisotopic (exact) mass is 284 g/mol. The summed E-state index contributed by atoms with van der Waals surface area (Å²) < 4.78 is 13.8. The van der Waals surface area contributed by atoms with E-state index in [0.29, 0.717) is 17.0 Å². The number of hydrogen-bond donors (Lipinski definition) is 1. The molecule has 0 bridgehead atoms. The van der Waals surface area contributed by atoms with E-state index in [-0.39, 0.29) is 17.4 Å². The number of nitrogens with zero attached hydrogens (tertiary/aromatic N) is 1. The molecule has 0 aromatic heterocycles. The highest BCUT2D eigenvalue weighted by Crippen LogP contribution is 2.37. The predicted octanol–water partition coefficient (Wildman–Crippen LogP) is 3.22. The van der Waals surface area contributed by atoms with Gasteiger partial charge in [0.1, 0.15) is 5.82 Å². The Kier molecular flexibility index (Phi) is 4.49. The van der Waals surface area contributed by atoms with Crippen LogP contribution in [0.3, 0.4) is 0 Å². The molecule has 4 heteroatoms. The Hall–Kier alpha value is -0.640. The number of halogens is 2. The van der Waals surface area contributed by atoms with Gasteiger partial charge in [0.05, 0.1) is 0 Å². The lowest BCUT2D eigenvalue weighted by molar-refractivity contribution is 0.122. The summed E-state index contributed by atoms with van der Waals surface area (Å²) in [5.41, 5.74) is 7.03. The molecule has 1 unspecified atom stereocenters. The number of benzene rings is 1. The van der Waals surface area contributed by atoms with E-state index in [1.807, 2.05) is 0 Å². The third kappa shape index (κ3) is 2.93. The van der Waals surface area contributed by atoms with Crippen LogP contribution in [0.5, 0.6) is 0 Å². The highest BCUT2D eigenvalue weighted by molar-refractivity contribution is 6.30. The van der Waals surface area contributed by atoms with Gasteiger partial charge in [0.15, 0.2) is 0 Å². The summed E-state index contributed by atoms with van der Waals surface area (Å²) in [4.78, 5) is 2.22. The second kappa shape index (κ2) is 5.78. The average Bonchev–Trinajstić information content (AvgIpc) is 2.84. The maximum absolute atomic E-state index is 13.8. The molecular formula is C15H22ClFN2. The molecule has 1 atom stereocenters. The second-order valence-corrected chi connectivity index (χ2v) is 6.19. The molecule has 1 fully saturated rings. The number of rotatable bonds is 4. The molecule has 0 aliphatic heterocycles. The maximum atomic E-state index is 13.8. The molecule has 2 N–H and O–H groups in total. The van der Waals surface area contributed by atoms with Crippen molar-refractivity contribution in [3.05, 3.63) is 34.6 Å². The quantitative estimate of drug-likeness (QED) is 0.920. The molecule has 0 heterocycles. The van der Waals surface area contributed by atoms with Crippen LogP contribution in [0, 0.1) is 5.82 Å². The molecule has 0 amide bonds. The van der Waals surface area contributed by atoms with Crippen molar-refractivity contribution in [2.24, 2.45) is 5.73 Å². The molecule has 1 aliphatic carbocycles. The molecule has 1 aliphatic rings. The van der Waals surface area contributed by atoms with Crippen molar-refractivity contribution in [2.45, 2.75) is 43.7 Å². The lowest BCUT2D eigenvalue weighted by atomic mass is 9.83. The summed E-state index contributed by atoms with van der Waals surface area (Å²) in [7, 11) is 4.14. The zero-order valence-corrected chi connectivity index (χ0v) is 12.4. The third-order valence-corrected chi connectivity index (χ3v) is 4.73. The Morgan fingerprint density at radius 3 is 2.58 bits per heavy atom. The standard InChI is InChI=1S/C15H22ClFN2/c1-19(2)15(7-3-4-8-15)14(18)10-11-9-12(16)5-6-13(11)17/h5-6,9,14H,3-4,7-8,10,18H2,1-2H3. The van der Waals surface area contributed by atoms with Crippen molar-refractivity contribution in [3.63, 3.8) is 0 Å².